The zero-order valence-electron chi connectivity index (χ0n) is 18.1. The Morgan fingerprint density at radius 3 is 2.32 bits per heavy atom. The van der Waals surface area contributed by atoms with Crippen molar-refractivity contribution in [2.24, 2.45) is 15.8 Å². The summed E-state index contributed by atoms with van der Waals surface area (Å²) in [4.78, 5) is 29.3. The fourth-order valence-electron chi connectivity index (χ4n) is 3.78. The maximum absolute atomic E-state index is 13.1. The number of carboxylic acids is 1. The normalized spacial score (nSPS) is 27.9. The summed E-state index contributed by atoms with van der Waals surface area (Å²) in [6.07, 6.45) is 5.22. The third-order valence-electron chi connectivity index (χ3n) is 6.62. The molecule has 28 heavy (non-hydrogen) atoms. The van der Waals surface area contributed by atoms with Crippen molar-refractivity contribution in [2.75, 3.05) is 0 Å². The summed E-state index contributed by atoms with van der Waals surface area (Å²) in [6, 6.07) is 0. The van der Waals surface area contributed by atoms with Crippen LogP contribution >= 0.6 is 11.5 Å². The molecule has 1 aliphatic rings. The van der Waals surface area contributed by atoms with Crippen LogP contribution in [0.15, 0.2) is 11.2 Å². The van der Waals surface area contributed by atoms with Crippen LogP contribution in [-0.4, -0.2) is 31.6 Å². The molecule has 1 fully saturated rings. The summed E-state index contributed by atoms with van der Waals surface area (Å²) < 4.78 is 2.69. The number of aromatic nitrogens is 1. The van der Waals surface area contributed by atoms with Gasteiger partial charge in [-0.3, -0.25) is 13.5 Å². The molecule has 1 heterocycles. The van der Waals surface area contributed by atoms with Crippen LogP contribution in [0.2, 0.25) is 0 Å². The summed E-state index contributed by atoms with van der Waals surface area (Å²) in [5, 5.41) is 20.9. The molecule has 6 nitrogen and oxygen atoms in total. The maximum Gasteiger partial charge on any atom is 0.310 e. The lowest BCUT2D eigenvalue weighted by Gasteiger charge is -2.41. The molecule has 1 amide bonds. The Bertz CT molecular complexity index is 830. The predicted octanol–water partition coefficient (Wildman–Crippen LogP) is 3.72. The molecule has 1 saturated carbocycles. The van der Waals surface area contributed by atoms with Crippen molar-refractivity contribution >= 4 is 23.4 Å². The largest absolute Gasteiger partial charge is 0.481 e. The molecule has 2 N–H and O–H groups in total. The van der Waals surface area contributed by atoms with E-state index in [1.807, 2.05) is 6.20 Å². The van der Waals surface area contributed by atoms with Gasteiger partial charge in [0.25, 0.3) is 5.91 Å². The minimum Gasteiger partial charge on any atom is -0.481 e. The van der Waals surface area contributed by atoms with Crippen molar-refractivity contribution < 1.29 is 19.8 Å². The van der Waals surface area contributed by atoms with Gasteiger partial charge in [-0.15, -0.1) is 0 Å². The number of carbonyl (C=O) groups is 2. The number of aliphatic hydroxyl groups is 1. The van der Waals surface area contributed by atoms with Crippen molar-refractivity contribution in [3.63, 3.8) is 0 Å². The van der Waals surface area contributed by atoms with Crippen LogP contribution in [0.4, 0.5) is 0 Å². The van der Waals surface area contributed by atoms with Crippen molar-refractivity contribution in [1.82, 2.24) is 3.96 Å². The number of rotatable bonds is 5. The first kappa shape index (κ1) is 22.8. The quantitative estimate of drug-likeness (QED) is 0.774. The highest BCUT2D eigenvalue weighted by atomic mass is 32.1. The van der Waals surface area contributed by atoms with E-state index in [2.05, 4.69) is 36.6 Å². The summed E-state index contributed by atoms with van der Waals surface area (Å²) in [6.45, 7) is 13.3. The summed E-state index contributed by atoms with van der Waals surface area (Å²) >= 11 is 1.41. The van der Waals surface area contributed by atoms with E-state index in [-0.39, 0.29) is 18.4 Å². The van der Waals surface area contributed by atoms with Gasteiger partial charge in [-0.05, 0) is 64.9 Å². The monoisotopic (exact) mass is 410 g/mol. The number of nitrogens with zero attached hydrogens (tertiary/aromatic N) is 2. The highest BCUT2D eigenvalue weighted by Crippen LogP contribution is 2.58. The van der Waals surface area contributed by atoms with Crippen molar-refractivity contribution in [2.45, 2.75) is 91.7 Å². The predicted molar refractivity (Wildman–Crippen MR) is 110 cm³/mol. The molecule has 0 saturated heterocycles. The maximum atomic E-state index is 13.1. The van der Waals surface area contributed by atoms with Gasteiger partial charge < -0.3 is 10.2 Å². The van der Waals surface area contributed by atoms with Crippen molar-refractivity contribution in [3.05, 3.63) is 16.4 Å². The fourth-order valence-corrected chi connectivity index (χ4v) is 4.82. The number of amides is 1. The van der Waals surface area contributed by atoms with E-state index in [4.69, 9.17) is 0 Å². The van der Waals surface area contributed by atoms with Gasteiger partial charge in [-0.1, -0.05) is 27.2 Å². The topological polar surface area (TPSA) is 91.9 Å². The number of carboxylic acid groups (broad SMARTS) is 1. The summed E-state index contributed by atoms with van der Waals surface area (Å²) in [5.41, 5.74) is -3.24. The molecule has 1 aromatic heterocycles. The highest BCUT2D eigenvalue weighted by Gasteiger charge is 2.66. The van der Waals surface area contributed by atoms with E-state index in [1.54, 1.807) is 20.8 Å². The standard InChI is InChI=1S/C21H34N2O4S/c1-8-9-10-14-13-23(18(2,3)4)28-15(14)22-16(24)21(27)12-11-20(7,17(25)26)19(21,5)6/h13,27H,8-12H2,1-7H3,(H,25,26). The van der Waals surface area contributed by atoms with Crippen LogP contribution in [0.3, 0.4) is 0 Å². The molecule has 158 valence electrons. The van der Waals surface area contributed by atoms with E-state index in [1.165, 1.54) is 11.5 Å². The van der Waals surface area contributed by atoms with Crippen molar-refractivity contribution in [1.29, 1.82) is 0 Å². The van der Waals surface area contributed by atoms with Crippen LogP contribution in [0.1, 0.15) is 79.7 Å². The molecule has 0 radical (unpaired) electrons. The number of hydrogen-bond donors (Lipinski definition) is 2. The van der Waals surface area contributed by atoms with Gasteiger partial charge in [-0.2, -0.15) is 4.99 Å². The minimum atomic E-state index is -1.79. The highest BCUT2D eigenvalue weighted by molar-refractivity contribution is 7.04. The summed E-state index contributed by atoms with van der Waals surface area (Å²) in [5.74, 6) is -1.63. The molecule has 2 unspecified atom stereocenters. The fraction of sp³-hybridized carbons (Fsp3) is 0.762. The van der Waals surface area contributed by atoms with Crippen molar-refractivity contribution in [3.8, 4) is 0 Å². The van der Waals surface area contributed by atoms with Gasteiger partial charge in [0.1, 0.15) is 4.67 Å². The number of unbranched alkanes of at least 4 members (excludes halogenated alkanes) is 1. The van der Waals surface area contributed by atoms with Gasteiger partial charge >= 0.3 is 5.97 Å². The van der Waals surface area contributed by atoms with E-state index in [0.717, 1.165) is 24.8 Å². The van der Waals surface area contributed by atoms with Gasteiger partial charge in [0, 0.05) is 22.7 Å². The SMILES string of the molecule is CCCCc1cn(C(C)(C)C)sc1=NC(=O)C1(O)CCC(C)(C(=O)O)C1(C)C. The number of carbonyl (C=O) groups excluding carboxylic acids is 1. The third-order valence-corrected chi connectivity index (χ3v) is 8.00. The lowest BCUT2D eigenvalue weighted by atomic mass is 9.63. The van der Waals surface area contributed by atoms with Gasteiger partial charge in [0.05, 0.1) is 5.41 Å². The Balaban J connectivity index is 2.52. The lowest BCUT2D eigenvalue weighted by Crippen LogP contribution is -2.54. The second-order valence-corrected chi connectivity index (χ2v) is 10.7. The third kappa shape index (κ3) is 3.59. The van der Waals surface area contributed by atoms with Gasteiger partial charge in [0.2, 0.25) is 0 Å². The van der Waals surface area contributed by atoms with Crippen LogP contribution < -0.4 is 4.67 Å². The molecule has 1 aliphatic carbocycles. The molecule has 0 aromatic carbocycles. The first-order valence-electron chi connectivity index (χ1n) is 9.98. The first-order valence-corrected chi connectivity index (χ1v) is 10.8. The van der Waals surface area contributed by atoms with E-state index in [9.17, 15) is 19.8 Å². The smallest absolute Gasteiger partial charge is 0.310 e. The van der Waals surface area contributed by atoms with Crippen LogP contribution in [0.5, 0.6) is 0 Å². The minimum absolute atomic E-state index is 0.0973. The molecule has 2 rings (SSSR count). The number of aliphatic carboxylic acids is 1. The van der Waals surface area contributed by atoms with E-state index in [0.29, 0.717) is 4.67 Å². The average molecular weight is 411 g/mol. The second kappa shape index (κ2) is 7.41. The Morgan fingerprint density at radius 1 is 1.25 bits per heavy atom. The Hall–Kier alpha value is -1.47. The molecule has 0 bridgehead atoms. The molecular weight excluding hydrogens is 376 g/mol. The van der Waals surface area contributed by atoms with Gasteiger partial charge in [-0.25, -0.2) is 0 Å². The Labute approximate surface area is 171 Å². The van der Waals surface area contributed by atoms with E-state index >= 15 is 0 Å². The second-order valence-electron chi connectivity index (χ2n) is 9.69. The molecule has 1 aromatic rings. The zero-order valence-corrected chi connectivity index (χ0v) is 18.9. The summed E-state index contributed by atoms with van der Waals surface area (Å²) in [7, 11) is 0. The zero-order chi connectivity index (χ0) is 21.5. The Morgan fingerprint density at radius 2 is 1.86 bits per heavy atom. The van der Waals surface area contributed by atoms with Gasteiger partial charge in [0.15, 0.2) is 5.60 Å². The van der Waals surface area contributed by atoms with Crippen LogP contribution in [0.25, 0.3) is 0 Å². The molecular formula is C21H34N2O4S. The van der Waals surface area contributed by atoms with E-state index < -0.39 is 28.3 Å². The number of hydrogen-bond acceptors (Lipinski definition) is 4. The van der Waals surface area contributed by atoms with Crippen LogP contribution in [-0.2, 0) is 21.5 Å². The van der Waals surface area contributed by atoms with Crippen LogP contribution in [0, 0.1) is 10.8 Å². The molecule has 2 atom stereocenters. The molecule has 0 spiro atoms. The molecule has 7 heteroatoms. The Kier molecular flexibility index (Phi) is 6.04. The first-order chi connectivity index (χ1) is 12.7. The number of aryl methyl sites for hydroxylation is 1. The lowest BCUT2D eigenvalue weighted by molar-refractivity contribution is -0.166. The average Bonchev–Trinajstić information content (AvgIpc) is 3.07. The molecule has 0 aliphatic heterocycles.